The minimum absolute atomic E-state index is 0.0487. The number of ether oxygens (including phenoxy) is 3. The lowest BCUT2D eigenvalue weighted by Gasteiger charge is -2.26. The van der Waals surface area contributed by atoms with Gasteiger partial charge in [0, 0.05) is 17.3 Å². The van der Waals surface area contributed by atoms with E-state index in [1.165, 1.54) is 13.2 Å². The summed E-state index contributed by atoms with van der Waals surface area (Å²) in [4.78, 5) is 27.9. The molecule has 210 valence electrons. The van der Waals surface area contributed by atoms with Gasteiger partial charge in [0.1, 0.15) is 11.5 Å². The number of aryl methyl sites for hydroxylation is 1. The van der Waals surface area contributed by atoms with E-state index in [1.54, 1.807) is 43.3 Å². The number of nitrogens with zero attached hydrogens (tertiary/aromatic N) is 1. The molecular formula is C31H31F2NO6. The first-order valence-corrected chi connectivity index (χ1v) is 12.9. The van der Waals surface area contributed by atoms with Crippen LogP contribution < -0.4 is 19.1 Å². The monoisotopic (exact) mass is 551 g/mol. The number of amides is 1. The van der Waals surface area contributed by atoms with E-state index < -0.39 is 35.1 Å². The summed E-state index contributed by atoms with van der Waals surface area (Å²) in [5.41, 5.74) is 1.15. The van der Waals surface area contributed by atoms with Crippen LogP contribution in [0.5, 0.6) is 17.2 Å². The van der Waals surface area contributed by atoms with Gasteiger partial charge in [0.2, 0.25) is 0 Å². The Bertz CT molecular complexity index is 1480. The molecule has 0 saturated carbocycles. The molecule has 1 aliphatic heterocycles. The van der Waals surface area contributed by atoms with E-state index in [1.807, 2.05) is 20.8 Å². The Morgan fingerprint density at radius 2 is 1.68 bits per heavy atom. The lowest BCUT2D eigenvalue weighted by molar-refractivity contribution is -0.132. The van der Waals surface area contributed by atoms with Crippen LogP contribution >= 0.6 is 0 Å². The fraction of sp³-hybridized carbons (Fsp3) is 0.290. The molecule has 0 spiro atoms. The molecule has 3 aromatic rings. The second-order valence-electron chi connectivity index (χ2n) is 9.80. The summed E-state index contributed by atoms with van der Waals surface area (Å²) in [6, 6.07) is 11.5. The Balaban J connectivity index is 1.91. The molecule has 1 aliphatic rings. The Hall–Kier alpha value is -4.40. The molecule has 3 aromatic carbocycles. The predicted octanol–water partition coefficient (Wildman–Crippen LogP) is 6.34. The molecule has 1 unspecified atom stereocenters. The number of anilines is 1. The number of benzene rings is 3. The summed E-state index contributed by atoms with van der Waals surface area (Å²) in [5, 5.41) is 11.5. The number of carbonyl (C=O) groups is 2. The molecule has 7 nitrogen and oxygen atoms in total. The van der Waals surface area contributed by atoms with Gasteiger partial charge in [0.15, 0.2) is 23.1 Å². The van der Waals surface area contributed by atoms with Crippen molar-refractivity contribution in [2.75, 3.05) is 25.2 Å². The van der Waals surface area contributed by atoms with Crippen LogP contribution in [0.15, 0.2) is 60.2 Å². The molecular weight excluding hydrogens is 520 g/mol. The molecule has 1 N–H and O–H groups in total. The number of carbonyl (C=O) groups excluding carboxylic acids is 2. The Morgan fingerprint density at radius 3 is 2.30 bits per heavy atom. The van der Waals surface area contributed by atoms with E-state index in [0.29, 0.717) is 47.5 Å². The minimum Gasteiger partial charge on any atom is -0.507 e. The maximum Gasteiger partial charge on any atom is 0.300 e. The van der Waals surface area contributed by atoms with Crippen molar-refractivity contribution in [2.24, 2.45) is 5.92 Å². The van der Waals surface area contributed by atoms with Gasteiger partial charge in [-0.15, -0.1) is 0 Å². The van der Waals surface area contributed by atoms with E-state index in [-0.39, 0.29) is 11.3 Å². The smallest absolute Gasteiger partial charge is 0.300 e. The van der Waals surface area contributed by atoms with Crippen molar-refractivity contribution < 1.29 is 37.7 Å². The summed E-state index contributed by atoms with van der Waals surface area (Å²) < 4.78 is 44.9. The first-order valence-electron chi connectivity index (χ1n) is 12.9. The third kappa shape index (κ3) is 5.50. The predicted molar refractivity (Wildman–Crippen MR) is 147 cm³/mol. The molecule has 1 heterocycles. The Labute approximate surface area is 231 Å². The number of hydrogen-bond donors (Lipinski definition) is 1. The van der Waals surface area contributed by atoms with Crippen molar-refractivity contribution in [3.63, 3.8) is 0 Å². The largest absolute Gasteiger partial charge is 0.507 e. The number of Topliss-reactive ketones (excluding diaryl/α,β-unsaturated/α-hetero) is 1. The molecule has 1 saturated heterocycles. The van der Waals surface area contributed by atoms with Crippen LogP contribution in [0.25, 0.3) is 5.76 Å². The molecule has 1 fully saturated rings. The summed E-state index contributed by atoms with van der Waals surface area (Å²) in [5.74, 6) is -2.97. The van der Waals surface area contributed by atoms with Crippen LogP contribution in [0.3, 0.4) is 0 Å². The zero-order chi connectivity index (χ0) is 29.1. The molecule has 0 bridgehead atoms. The van der Waals surface area contributed by atoms with Gasteiger partial charge < -0.3 is 19.3 Å². The lowest BCUT2D eigenvalue weighted by atomic mass is 9.94. The highest BCUT2D eigenvalue weighted by Crippen LogP contribution is 2.44. The maximum atomic E-state index is 14.3. The summed E-state index contributed by atoms with van der Waals surface area (Å²) in [7, 11) is 1.47. The van der Waals surface area contributed by atoms with Crippen molar-refractivity contribution in [1.82, 2.24) is 0 Å². The molecule has 1 atom stereocenters. The highest BCUT2D eigenvalue weighted by atomic mass is 19.2. The van der Waals surface area contributed by atoms with Gasteiger partial charge in [0.25, 0.3) is 11.7 Å². The average Bonchev–Trinajstić information content (AvgIpc) is 3.19. The molecule has 0 aliphatic carbocycles. The quantitative estimate of drug-likeness (QED) is 0.190. The molecule has 0 radical (unpaired) electrons. The van der Waals surface area contributed by atoms with Gasteiger partial charge in [-0.3, -0.25) is 14.5 Å². The third-order valence-electron chi connectivity index (χ3n) is 6.45. The molecule has 40 heavy (non-hydrogen) atoms. The lowest BCUT2D eigenvalue weighted by Crippen LogP contribution is -2.29. The number of aliphatic hydroxyl groups is 1. The first kappa shape index (κ1) is 28.6. The topological polar surface area (TPSA) is 85.3 Å². The van der Waals surface area contributed by atoms with Gasteiger partial charge in [-0.1, -0.05) is 19.9 Å². The van der Waals surface area contributed by atoms with E-state index in [9.17, 15) is 23.5 Å². The maximum absolute atomic E-state index is 14.3. The zero-order valence-electron chi connectivity index (χ0n) is 23.0. The minimum atomic E-state index is -1.18. The molecule has 1 amide bonds. The Kier molecular flexibility index (Phi) is 8.42. The first-order chi connectivity index (χ1) is 19.1. The van der Waals surface area contributed by atoms with E-state index in [0.717, 1.165) is 22.6 Å². The standard InChI is InChI=1S/C31H31F2NO6/c1-6-39-26-14-19(7-12-25(26)38-5)28-27(29(35)20-8-11-24(18(4)13-20)40-16-17(2)3)30(36)31(37)34(28)21-9-10-22(32)23(33)15-21/h7-15,17,28,35H,6,16H2,1-5H3/b29-27+. The van der Waals surface area contributed by atoms with Crippen LogP contribution in [0.2, 0.25) is 0 Å². The number of aliphatic hydroxyl groups excluding tert-OH is 1. The van der Waals surface area contributed by atoms with Crippen molar-refractivity contribution in [3.8, 4) is 17.2 Å². The average molecular weight is 552 g/mol. The SMILES string of the molecule is CCOc1cc(C2/C(=C(\O)c3ccc(OCC(C)C)c(C)c3)C(=O)C(=O)N2c2ccc(F)c(F)c2)ccc1OC. The molecule has 0 aromatic heterocycles. The van der Waals surface area contributed by atoms with Crippen LogP contribution in [0.4, 0.5) is 14.5 Å². The van der Waals surface area contributed by atoms with Crippen LogP contribution in [-0.4, -0.2) is 37.1 Å². The van der Waals surface area contributed by atoms with Crippen LogP contribution in [0, 0.1) is 24.5 Å². The van der Waals surface area contributed by atoms with Gasteiger partial charge in [-0.2, -0.15) is 0 Å². The van der Waals surface area contributed by atoms with Gasteiger partial charge in [-0.05, 0) is 73.4 Å². The summed E-state index contributed by atoms with van der Waals surface area (Å²) in [6.07, 6.45) is 0. The summed E-state index contributed by atoms with van der Waals surface area (Å²) in [6.45, 7) is 8.46. The van der Waals surface area contributed by atoms with Crippen molar-refractivity contribution >= 4 is 23.1 Å². The van der Waals surface area contributed by atoms with Crippen molar-refractivity contribution in [3.05, 3.63) is 88.5 Å². The number of methoxy groups -OCH3 is 1. The number of hydrogen-bond acceptors (Lipinski definition) is 6. The van der Waals surface area contributed by atoms with E-state index >= 15 is 0 Å². The molecule has 4 rings (SSSR count). The number of rotatable bonds is 9. The van der Waals surface area contributed by atoms with Gasteiger partial charge in [0.05, 0.1) is 31.9 Å². The second-order valence-corrected chi connectivity index (χ2v) is 9.80. The molecule has 9 heteroatoms. The number of ketones is 1. The van der Waals surface area contributed by atoms with Crippen molar-refractivity contribution in [1.29, 1.82) is 0 Å². The third-order valence-corrected chi connectivity index (χ3v) is 6.45. The number of halogens is 2. The summed E-state index contributed by atoms with van der Waals surface area (Å²) >= 11 is 0. The second kappa shape index (κ2) is 11.8. The highest BCUT2D eigenvalue weighted by Gasteiger charge is 2.47. The van der Waals surface area contributed by atoms with Gasteiger partial charge in [-0.25, -0.2) is 8.78 Å². The van der Waals surface area contributed by atoms with Crippen LogP contribution in [0.1, 0.15) is 43.5 Å². The Morgan fingerprint density at radius 1 is 0.950 bits per heavy atom. The van der Waals surface area contributed by atoms with E-state index in [4.69, 9.17) is 14.2 Å². The van der Waals surface area contributed by atoms with Gasteiger partial charge >= 0.3 is 0 Å². The van der Waals surface area contributed by atoms with Crippen molar-refractivity contribution in [2.45, 2.75) is 33.7 Å². The fourth-order valence-corrected chi connectivity index (χ4v) is 4.55. The zero-order valence-corrected chi connectivity index (χ0v) is 23.0. The normalized spacial score (nSPS) is 16.5. The van der Waals surface area contributed by atoms with Crippen LogP contribution in [-0.2, 0) is 9.59 Å². The highest BCUT2D eigenvalue weighted by molar-refractivity contribution is 6.51. The fourth-order valence-electron chi connectivity index (χ4n) is 4.55. The van der Waals surface area contributed by atoms with E-state index in [2.05, 4.69) is 0 Å².